The molecule has 1 fully saturated rings. The van der Waals surface area contributed by atoms with E-state index in [1.54, 1.807) is 4.52 Å². The lowest BCUT2D eigenvalue weighted by atomic mass is 9.99. The molecule has 1 atom stereocenters. The maximum absolute atomic E-state index is 11.9. The fourth-order valence-corrected chi connectivity index (χ4v) is 5.05. The number of sulfonamides is 1. The van der Waals surface area contributed by atoms with Gasteiger partial charge < -0.3 is 0 Å². The third kappa shape index (κ3) is 3.91. The molecule has 0 N–H and O–H groups in total. The molecule has 1 aliphatic rings. The molecular weight excluding hydrogens is 406 g/mol. The molecule has 2 aromatic heterocycles. The third-order valence-corrected chi connectivity index (χ3v) is 7.04. The molecule has 4 rings (SSSR count). The average Bonchev–Trinajstić information content (AvgIpc) is 3.20. The van der Waals surface area contributed by atoms with Crippen LogP contribution in [-0.2, 0) is 10.0 Å². The van der Waals surface area contributed by atoms with Gasteiger partial charge in [-0.15, -0.1) is 10.2 Å². The van der Waals surface area contributed by atoms with Crippen LogP contribution in [0.1, 0.15) is 35.2 Å². The van der Waals surface area contributed by atoms with Crippen LogP contribution in [0.4, 0.5) is 0 Å². The number of benzene rings is 1. The highest BCUT2D eigenvalue weighted by atomic mass is 35.5. The molecule has 0 amide bonds. The van der Waals surface area contributed by atoms with Crippen molar-refractivity contribution in [2.24, 2.45) is 0 Å². The van der Waals surface area contributed by atoms with Crippen LogP contribution in [0.2, 0.25) is 5.02 Å². The summed E-state index contributed by atoms with van der Waals surface area (Å²) in [6.45, 7) is 0.974. The Kier molecular flexibility index (Phi) is 5.02. The summed E-state index contributed by atoms with van der Waals surface area (Å²) in [6, 6.07) is 7.60. The summed E-state index contributed by atoms with van der Waals surface area (Å²) < 4.78 is 27.0. The van der Waals surface area contributed by atoms with Gasteiger partial charge in [-0.25, -0.2) is 12.7 Å². The molecule has 0 aliphatic carbocycles. The second-order valence-corrected chi connectivity index (χ2v) is 9.89. The first-order chi connectivity index (χ1) is 12.9. The van der Waals surface area contributed by atoms with Gasteiger partial charge in [-0.05, 0) is 30.5 Å². The maximum atomic E-state index is 11.9. The first-order valence-electron chi connectivity index (χ1n) is 8.52. The number of aromatic nitrogens is 4. The molecule has 1 aliphatic heterocycles. The molecule has 10 heteroatoms. The second kappa shape index (κ2) is 7.31. The van der Waals surface area contributed by atoms with Crippen molar-refractivity contribution in [3.05, 3.63) is 45.7 Å². The Morgan fingerprint density at radius 1 is 1.26 bits per heavy atom. The van der Waals surface area contributed by atoms with Gasteiger partial charge in [0.25, 0.3) is 0 Å². The fourth-order valence-electron chi connectivity index (χ4n) is 3.19. The molecule has 1 unspecified atom stereocenters. The summed E-state index contributed by atoms with van der Waals surface area (Å²) in [5.41, 5.74) is 0.918. The van der Waals surface area contributed by atoms with Crippen molar-refractivity contribution in [1.29, 1.82) is 0 Å². The first kappa shape index (κ1) is 18.5. The van der Waals surface area contributed by atoms with Crippen molar-refractivity contribution < 1.29 is 8.42 Å². The Balaban J connectivity index is 1.60. The van der Waals surface area contributed by atoms with Crippen molar-refractivity contribution in [2.75, 3.05) is 19.3 Å². The summed E-state index contributed by atoms with van der Waals surface area (Å²) in [5, 5.41) is 14.5. The molecule has 142 valence electrons. The molecule has 0 spiro atoms. The van der Waals surface area contributed by atoms with Crippen LogP contribution in [-0.4, -0.2) is 51.9 Å². The Labute approximate surface area is 166 Å². The van der Waals surface area contributed by atoms with E-state index in [2.05, 4.69) is 15.3 Å². The van der Waals surface area contributed by atoms with Gasteiger partial charge in [0.1, 0.15) is 5.01 Å². The van der Waals surface area contributed by atoms with Gasteiger partial charge in [0.05, 0.1) is 6.26 Å². The van der Waals surface area contributed by atoms with Gasteiger partial charge in [-0.3, -0.25) is 0 Å². The van der Waals surface area contributed by atoms with Crippen LogP contribution < -0.4 is 0 Å². The minimum Gasteiger partial charge on any atom is -0.213 e. The third-order valence-electron chi connectivity index (χ3n) is 4.56. The molecular formula is C17H18ClN5O2S2. The predicted octanol–water partition coefficient (Wildman–Crippen LogP) is 3.15. The first-order valence-corrected chi connectivity index (χ1v) is 11.6. The van der Waals surface area contributed by atoms with Crippen LogP contribution >= 0.6 is 22.9 Å². The van der Waals surface area contributed by atoms with E-state index in [4.69, 9.17) is 11.6 Å². The molecule has 0 bridgehead atoms. The number of hydrogen-bond donors (Lipinski definition) is 0. The number of rotatable bonds is 4. The van der Waals surface area contributed by atoms with E-state index < -0.39 is 10.0 Å². The lowest BCUT2D eigenvalue weighted by Gasteiger charge is -2.29. The van der Waals surface area contributed by atoms with E-state index in [1.165, 1.54) is 21.9 Å². The number of nitrogens with zero attached hydrogens (tertiary/aromatic N) is 5. The van der Waals surface area contributed by atoms with Gasteiger partial charge in [-0.1, -0.05) is 47.2 Å². The van der Waals surface area contributed by atoms with E-state index in [1.807, 2.05) is 36.4 Å². The number of hydrogen-bond acceptors (Lipinski definition) is 6. The highest BCUT2D eigenvalue weighted by Gasteiger charge is 2.30. The summed E-state index contributed by atoms with van der Waals surface area (Å²) in [5.74, 6) is 0.706. The maximum Gasteiger partial charge on any atom is 0.234 e. The molecule has 3 aromatic rings. The van der Waals surface area contributed by atoms with Crippen LogP contribution in [0.25, 0.3) is 17.1 Å². The van der Waals surface area contributed by atoms with Crippen LogP contribution in [0, 0.1) is 0 Å². The normalized spacial score (nSPS) is 19.3. The SMILES string of the molecule is CS(=O)(=O)N1CCCC(c2nnc3sc(/C=C/c4ccccc4Cl)nn23)C1. The predicted molar refractivity (Wildman–Crippen MR) is 107 cm³/mol. The Morgan fingerprint density at radius 3 is 2.85 bits per heavy atom. The van der Waals surface area contributed by atoms with Gasteiger partial charge in [0.15, 0.2) is 5.82 Å². The molecule has 1 saturated heterocycles. The van der Waals surface area contributed by atoms with Crippen molar-refractivity contribution in [3.63, 3.8) is 0 Å². The molecule has 0 saturated carbocycles. The van der Waals surface area contributed by atoms with Crippen molar-refractivity contribution in [3.8, 4) is 0 Å². The second-order valence-electron chi connectivity index (χ2n) is 6.51. The molecule has 3 heterocycles. The summed E-state index contributed by atoms with van der Waals surface area (Å²) in [6.07, 6.45) is 6.73. The number of fused-ring (bicyclic) bond motifs is 1. The Hall–Kier alpha value is -1.81. The van der Waals surface area contributed by atoms with E-state index in [9.17, 15) is 8.42 Å². The topological polar surface area (TPSA) is 80.5 Å². The quantitative estimate of drug-likeness (QED) is 0.643. The van der Waals surface area contributed by atoms with Crippen LogP contribution in [0.15, 0.2) is 24.3 Å². The highest BCUT2D eigenvalue weighted by Crippen LogP contribution is 2.28. The van der Waals surface area contributed by atoms with E-state index in [-0.39, 0.29) is 5.92 Å². The van der Waals surface area contributed by atoms with Gasteiger partial charge in [-0.2, -0.15) is 9.61 Å². The number of piperidine rings is 1. The molecule has 1 aromatic carbocycles. The van der Waals surface area contributed by atoms with E-state index >= 15 is 0 Å². The monoisotopic (exact) mass is 423 g/mol. The van der Waals surface area contributed by atoms with Gasteiger partial charge >= 0.3 is 0 Å². The van der Waals surface area contributed by atoms with Crippen molar-refractivity contribution >= 4 is 50.1 Å². The molecule has 7 nitrogen and oxygen atoms in total. The summed E-state index contributed by atoms with van der Waals surface area (Å²) >= 11 is 7.61. The van der Waals surface area contributed by atoms with E-state index in [0.717, 1.165) is 23.4 Å². The Bertz CT molecular complexity index is 1110. The average molecular weight is 424 g/mol. The smallest absolute Gasteiger partial charge is 0.213 e. The zero-order valence-corrected chi connectivity index (χ0v) is 17.0. The minimum absolute atomic E-state index is 0.00836. The largest absolute Gasteiger partial charge is 0.234 e. The van der Waals surface area contributed by atoms with Crippen LogP contribution in [0.5, 0.6) is 0 Å². The highest BCUT2D eigenvalue weighted by molar-refractivity contribution is 7.88. The lowest BCUT2D eigenvalue weighted by molar-refractivity contribution is 0.309. The Morgan fingerprint density at radius 2 is 2.07 bits per heavy atom. The lowest BCUT2D eigenvalue weighted by Crippen LogP contribution is -2.38. The molecule has 27 heavy (non-hydrogen) atoms. The van der Waals surface area contributed by atoms with Crippen molar-refractivity contribution in [2.45, 2.75) is 18.8 Å². The summed E-state index contributed by atoms with van der Waals surface area (Å²) in [7, 11) is -3.21. The van der Waals surface area contributed by atoms with E-state index in [0.29, 0.717) is 28.9 Å². The summed E-state index contributed by atoms with van der Waals surface area (Å²) in [4.78, 5) is 0.695. The number of halogens is 1. The minimum atomic E-state index is -3.21. The standard InChI is InChI=1S/C17H18ClN5O2S2/c1-27(24,25)22-10-4-6-13(11-22)16-19-20-17-23(16)21-15(26-17)9-8-12-5-2-3-7-14(12)18/h2-3,5,7-9,13H,4,6,10-11H2,1H3/b9-8+. The van der Waals surface area contributed by atoms with Crippen molar-refractivity contribution in [1.82, 2.24) is 24.1 Å². The zero-order valence-electron chi connectivity index (χ0n) is 14.6. The van der Waals surface area contributed by atoms with Gasteiger partial charge in [0, 0.05) is 24.0 Å². The van der Waals surface area contributed by atoms with Gasteiger partial charge in [0.2, 0.25) is 15.0 Å². The zero-order chi connectivity index (χ0) is 19.0. The molecule has 0 radical (unpaired) electrons. The fraction of sp³-hybridized carbons (Fsp3) is 0.353. The van der Waals surface area contributed by atoms with Crippen LogP contribution in [0.3, 0.4) is 0 Å².